The first-order chi connectivity index (χ1) is 8.15. The number of azo groups is 1. The van der Waals surface area contributed by atoms with Crippen molar-refractivity contribution in [2.24, 2.45) is 16.1 Å². The summed E-state index contributed by atoms with van der Waals surface area (Å²) < 4.78 is 0. The van der Waals surface area contributed by atoms with Crippen LogP contribution in [0.15, 0.2) is 40.6 Å². The van der Waals surface area contributed by atoms with Crippen LogP contribution in [0.1, 0.15) is 25.0 Å². The number of rotatable bonds is 6. The minimum atomic E-state index is -0.612. The van der Waals surface area contributed by atoms with E-state index < -0.39 is 6.10 Å². The van der Waals surface area contributed by atoms with Gasteiger partial charge in [0.1, 0.15) is 6.54 Å². The number of aliphatic hydroxyl groups excluding tert-OH is 1. The Morgan fingerprint density at radius 1 is 1.35 bits per heavy atom. The van der Waals surface area contributed by atoms with Gasteiger partial charge in [-0.25, -0.2) is 0 Å². The van der Waals surface area contributed by atoms with E-state index in [1.165, 1.54) is 7.05 Å². The lowest BCUT2D eigenvalue weighted by molar-refractivity contribution is -0.119. The van der Waals surface area contributed by atoms with Crippen molar-refractivity contribution in [1.82, 2.24) is 0 Å². The minimum absolute atomic E-state index is 0.00178. The standard InChI is InChI=1S/C13H18N2O2/c1-10(8-12(16)9-15-14-2)13(17)11-6-4-3-5-7-11/h3-7,10,13,17H,8-9H2,1-2H3/t10-,13+/m0/s1. The summed E-state index contributed by atoms with van der Waals surface area (Å²) in [5.74, 6) is -0.116. The summed E-state index contributed by atoms with van der Waals surface area (Å²) in [5, 5.41) is 17.2. The van der Waals surface area contributed by atoms with E-state index in [0.717, 1.165) is 5.56 Å². The third-order valence-corrected chi connectivity index (χ3v) is 2.62. The molecule has 92 valence electrons. The van der Waals surface area contributed by atoms with Gasteiger partial charge in [-0.15, -0.1) is 0 Å². The van der Waals surface area contributed by atoms with E-state index >= 15 is 0 Å². The Morgan fingerprint density at radius 3 is 2.59 bits per heavy atom. The van der Waals surface area contributed by atoms with Crippen LogP contribution in [-0.2, 0) is 4.79 Å². The van der Waals surface area contributed by atoms with Crippen LogP contribution in [0, 0.1) is 5.92 Å². The summed E-state index contributed by atoms with van der Waals surface area (Å²) in [6, 6.07) is 9.36. The molecule has 17 heavy (non-hydrogen) atoms. The van der Waals surface area contributed by atoms with Crippen LogP contribution in [-0.4, -0.2) is 24.5 Å². The van der Waals surface area contributed by atoms with E-state index in [1.807, 2.05) is 37.3 Å². The maximum absolute atomic E-state index is 11.5. The number of benzene rings is 1. The second-order valence-electron chi connectivity index (χ2n) is 4.08. The zero-order valence-electron chi connectivity index (χ0n) is 10.2. The Morgan fingerprint density at radius 2 is 2.00 bits per heavy atom. The molecule has 1 aromatic rings. The molecule has 0 spiro atoms. The van der Waals surface area contributed by atoms with Gasteiger partial charge in [0, 0.05) is 13.5 Å². The second kappa shape index (κ2) is 6.91. The molecule has 0 aromatic heterocycles. The molecule has 0 heterocycles. The SMILES string of the molecule is CN=NCC(=O)C[C@H](C)[C@@H](O)c1ccccc1. The van der Waals surface area contributed by atoms with E-state index in [1.54, 1.807) is 0 Å². The zero-order chi connectivity index (χ0) is 12.7. The molecule has 0 unspecified atom stereocenters. The Bertz CT molecular complexity index is 376. The fourth-order valence-corrected chi connectivity index (χ4v) is 1.66. The molecule has 4 heteroatoms. The van der Waals surface area contributed by atoms with Crippen molar-refractivity contribution in [2.45, 2.75) is 19.4 Å². The minimum Gasteiger partial charge on any atom is -0.388 e. The van der Waals surface area contributed by atoms with Crippen molar-refractivity contribution < 1.29 is 9.90 Å². The maximum Gasteiger partial charge on any atom is 0.156 e. The second-order valence-corrected chi connectivity index (χ2v) is 4.08. The topological polar surface area (TPSA) is 62.0 Å². The Labute approximate surface area is 101 Å². The fraction of sp³-hybridized carbons (Fsp3) is 0.462. The average molecular weight is 234 g/mol. The number of aliphatic hydroxyl groups is 1. The zero-order valence-corrected chi connectivity index (χ0v) is 10.2. The van der Waals surface area contributed by atoms with Gasteiger partial charge >= 0.3 is 0 Å². The number of hydrogen-bond acceptors (Lipinski definition) is 4. The number of Topliss-reactive ketones (excluding diaryl/α,β-unsaturated/α-hetero) is 1. The summed E-state index contributed by atoms with van der Waals surface area (Å²) in [7, 11) is 1.54. The summed E-state index contributed by atoms with van der Waals surface area (Å²) in [5.41, 5.74) is 0.838. The molecule has 0 fully saturated rings. The molecule has 0 radical (unpaired) electrons. The van der Waals surface area contributed by atoms with Gasteiger partial charge in [0.15, 0.2) is 5.78 Å². The summed E-state index contributed by atoms with van der Waals surface area (Å²) >= 11 is 0. The highest BCUT2D eigenvalue weighted by Gasteiger charge is 2.18. The third-order valence-electron chi connectivity index (χ3n) is 2.62. The van der Waals surface area contributed by atoms with Crippen LogP contribution >= 0.6 is 0 Å². The Kier molecular flexibility index (Phi) is 5.49. The van der Waals surface area contributed by atoms with E-state index in [-0.39, 0.29) is 18.2 Å². The number of carbonyl (C=O) groups is 1. The lowest BCUT2D eigenvalue weighted by Crippen LogP contribution is -2.15. The largest absolute Gasteiger partial charge is 0.388 e. The van der Waals surface area contributed by atoms with Crippen LogP contribution in [0.5, 0.6) is 0 Å². The third kappa shape index (κ3) is 4.44. The van der Waals surface area contributed by atoms with Gasteiger partial charge in [-0.1, -0.05) is 37.3 Å². The van der Waals surface area contributed by atoms with Crippen molar-refractivity contribution in [2.75, 3.05) is 13.6 Å². The first-order valence-corrected chi connectivity index (χ1v) is 5.65. The average Bonchev–Trinajstić information content (AvgIpc) is 2.36. The fourth-order valence-electron chi connectivity index (χ4n) is 1.66. The van der Waals surface area contributed by atoms with Crippen LogP contribution < -0.4 is 0 Å². The molecule has 0 saturated carbocycles. The van der Waals surface area contributed by atoms with Crippen LogP contribution in [0.4, 0.5) is 0 Å². The van der Waals surface area contributed by atoms with Crippen molar-refractivity contribution in [3.05, 3.63) is 35.9 Å². The van der Waals surface area contributed by atoms with Crippen LogP contribution in [0.3, 0.4) is 0 Å². The van der Waals surface area contributed by atoms with Crippen molar-refractivity contribution in [3.63, 3.8) is 0 Å². The normalized spacial score (nSPS) is 14.8. The van der Waals surface area contributed by atoms with Crippen LogP contribution in [0.2, 0.25) is 0 Å². The van der Waals surface area contributed by atoms with Gasteiger partial charge in [-0.05, 0) is 11.5 Å². The van der Waals surface area contributed by atoms with Gasteiger partial charge in [-0.2, -0.15) is 10.2 Å². The first-order valence-electron chi connectivity index (χ1n) is 5.65. The highest BCUT2D eigenvalue weighted by Crippen LogP contribution is 2.24. The molecule has 1 aromatic carbocycles. The Balaban J connectivity index is 2.53. The highest BCUT2D eigenvalue weighted by molar-refractivity contribution is 5.80. The molecule has 0 aliphatic heterocycles. The van der Waals surface area contributed by atoms with Gasteiger partial charge < -0.3 is 5.11 Å². The van der Waals surface area contributed by atoms with Gasteiger partial charge in [0.25, 0.3) is 0 Å². The molecular weight excluding hydrogens is 216 g/mol. The molecule has 0 aliphatic rings. The summed E-state index contributed by atoms with van der Waals surface area (Å²) in [6.07, 6.45) is -0.298. The number of carbonyl (C=O) groups excluding carboxylic acids is 1. The van der Waals surface area contributed by atoms with E-state index in [2.05, 4.69) is 10.2 Å². The molecule has 0 aliphatic carbocycles. The molecule has 2 atom stereocenters. The van der Waals surface area contributed by atoms with Crippen molar-refractivity contribution in [3.8, 4) is 0 Å². The Hall–Kier alpha value is -1.55. The van der Waals surface area contributed by atoms with E-state index in [9.17, 15) is 9.90 Å². The van der Waals surface area contributed by atoms with Gasteiger partial charge in [0.2, 0.25) is 0 Å². The monoisotopic (exact) mass is 234 g/mol. The van der Waals surface area contributed by atoms with Gasteiger partial charge in [-0.3, -0.25) is 4.79 Å². The van der Waals surface area contributed by atoms with Crippen molar-refractivity contribution >= 4 is 5.78 Å². The number of ketones is 1. The molecule has 0 saturated heterocycles. The molecule has 1 N–H and O–H groups in total. The molecule has 0 bridgehead atoms. The smallest absolute Gasteiger partial charge is 0.156 e. The highest BCUT2D eigenvalue weighted by atomic mass is 16.3. The molecule has 0 amide bonds. The first kappa shape index (κ1) is 13.5. The number of hydrogen-bond donors (Lipinski definition) is 1. The van der Waals surface area contributed by atoms with Crippen molar-refractivity contribution in [1.29, 1.82) is 0 Å². The van der Waals surface area contributed by atoms with Gasteiger partial charge in [0.05, 0.1) is 6.10 Å². The predicted molar refractivity (Wildman–Crippen MR) is 65.8 cm³/mol. The summed E-state index contributed by atoms with van der Waals surface area (Å²) in [4.78, 5) is 11.5. The maximum atomic E-state index is 11.5. The lowest BCUT2D eigenvalue weighted by atomic mass is 9.93. The summed E-state index contributed by atoms with van der Waals surface area (Å²) in [6.45, 7) is 1.96. The molecule has 4 nitrogen and oxygen atoms in total. The molecule has 1 rings (SSSR count). The number of nitrogens with zero attached hydrogens (tertiary/aromatic N) is 2. The van der Waals surface area contributed by atoms with E-state index in [4.69, 9.17) is 0 Å². The van der Waals surface area contributed by atoms with E-state index in [0.29, 0.717) is 6.42 Å². The lowest BCUT2D eigenvalue weighted by Gasteiger charge is -2.18. The predicted octanol–water partition coefficient (Wildman–Crippen LogP) is 2.40. The quantitative estimate of drug-likeness (QED) is 0.768. The molecular formula is C13H18N2O2. The van der Waals surface area contributed by atoms with Crippen LogP contribution in [0.25, 0.3) is 0 Å².